The van der Waals surface area contributed by atoms with E-state index < -0.39 is 17.6 Å². The Hall–Kier alpha value is -4.51. The Kier molecular flexibility index (Phi) is 8.97. The summed E-state index contributed by atoms with van der Waals surface area (Å²) in [7, 11) is 1.99. The Labute approximate surface area is 258 Å². The number of nitrogens with one attached hydrogen (secondary N) is 1. The highest BCUT2D eigenvalue weighted by Gasteiger charge is 2.34. The molecular formula is C32H32F3N7O3. The molecule has 2 saturated heterocycles. The minimum absolute atomic E-state index is 0.0294. The summed E-state index contributed by atoms with van der Waals surface area (Å²) in [5, 5.41) is 7.10. The maximum Gasteiger partial charge on any atom is 0.416 e. The zero-order valence-corrected chi connectivity index (χ0v) is 24.7. The van der Waals surface area contributed by atoms with Gasteiger partial charge in [-0.1, -0.05) is 12.0 Å². The number of amides is 1. The predicted octanol–water partition coefficient (Wildman–Crippen LogP) is 4.10. The summed E-state index contributed by atoms with van der Waals surface area (Å²) in [6, 6.07) is 8.99. The summed E-state index contributed by atoms with van der Waals surface area (Å²) in [6.07, 6.45) is 1.46. The second kappa shape index (κ2) is 13.2. The molecular weight excluding hydrogens is 587 g/mol. The molecule has 3 aromatic heterocycles. The van der Waals surface area contributed by atoms with Gasteiger partial charge in [0.05, 0.1) is 30.5 Å². The number of alkyl halides is 3. The molecule has 0 saturated carbocycles. The van der Waals surface area contributed by atoms with E-state index in [4.69, 9.17) is 9.47 Å². The zero-order chi connectivity index (χ0) is 31.4. The van der Waals surface area contributed by atoms with Gasteiger partial charge in [0, 0.05) is 75.3 Å². The van der Waals surface area contributed by atoms with Gasteiger partial charge < -0.3 is 19.7 Å². The lowest BCUT2D eigenvalue weighted by Gasteiger charge is -2.33. The summed E-state index contributed by atoms with van der Waals surface area (Å²) >= 11 is 0. The lowest BCUT2D eigenvalue weighted by molar-refractivity contribution is -0.138. The highest BCUT2D eigenvalue weighted by atomic mass is 19.4. The first-order chi connectivity index (χ1) is 21.7. The number of aromatic nitrogens is 4. The topological polar surface area (TPSA) is 97.1 Å². The number of benzene rings is 1. The van der Waals surface area contributed by atoms with Gasteiger partial charge in [0.25, 0.3) is 5.91 Å². The Bertz CT molecular complexity index is 1730. The van der Waals surface area contributed by atoms with E-state index >= 15 is 0 Å². The molecule has 0 unspecified atom stereocenters. The standard InChI is InChI=1S/C32H32F3N7O3/c1-40-10-12-41(13-11-40)21-23-3-4-25(17-28(23)32(33,34)35)38-31(43)24-16-22(18-36-19-24)2-5-26-20-37-29-6-7-30(39-42(26)29)45-27-8-14-44-15-9-27/h3-4,6-7,16-20,27H,8-15,21H2,1H3,(H,38,43). The van der Waals surface area contributed by atoms with Crippen LogP contribution in [0.2, 0.25) is 0 Å². The normalized spacial score (nSPS) is 16.7. The maximum atomic E-state index is 14.0. The zero-order valence-electron chi connectivity index (χ0n) is 24.7. The number of nitrogens with zero attached hydrogens (tertiary/aromatic N) is 6. The molecule has 4 aromatic rings. The second-order valence-electron chi connectivity index (χ2n) is 11.1. The fourth-order valence-corrected chi connectivity index (χ4v) is 5.24. The predicted molar refractivity (Wildman–Crippen MR) is 160 cm³/mol. The van der Waals surface area contributed by atoms with Crippen LogP contribution in [-0.2, 0) is 17.5 Å². The third kappa shape index (κ3) is 7.59. The molecule has 2 fully saturated rings. The summed E-state index contributed by atoms with van der Waals surface area (Å²) < 4.78 is 55.0. The highest BCUT2D eigenvalue weighted by Crippen LogP contribution is 2.34. The number of halogens is 3. The van der Waals surface area contributed by atoms with E-state index in [1.54, 1.807) is 22.8 Å². The van der Waals surface area contributed by atoms with Crippen LogP contribution in [0.5, 0.6) is 5.88 Å². The number of imidazole rings is 1. The lowest BCUT2D eigenvalue weighted by Crippen LogP contribution is -2.44. The SMILES string of the molecule is CN1CCN(Cc2ccc(NC(=O)c3cncc(C#Cc4cnc5ccc(OC6CCOCC6)nn45)c3)cc2C(F)(F)F)CC1. The number of ether oxygens (including phenoxy) is 2. The number of likely N-dealkylation sites (N-methyl/N-ethyl adjacent to an activating group) is 1. The summed E-state index contributed by atoms with van der Waals surface area (Å²) in [6.45, 7) is 4.48. The Balaban J connectivity index is 1.16. The number of carbonyl (C=O) groups is 1. The van der Waals surface area contributed by atoms with Gasteiger partial charge in [0.1, 0.15) is 11.8 Å². The van der Waals surface area contributed by atoms with E-state index in [9.17, 15) is 18.0 Å². The number of hydrogen-bond acceptors (Lipinski definition) is 8. The molecule has 0 bridgehead atoms. The minimum atomic E-state index is -4.57. The molecule has 0 spiro atoms. The fourth-order valence-electron chi connectivity index (χ4n) is 5.24. The molecule has 1 amide bonds. The third-order valence-corrected chi connectivity index (χ3v) is 7.79. The Morgan fingerprint density at radius 1 is 1.04 bits per heavy atom. The molecule has 0 aliphatic carbocycles. The van der Waals surface area contributed by atoms with Crippen LogP contribution >= 0.6 is 0 Å². The van der Waals surface area contributed by atoms with Crippen molar-refractivity contribution in [2.75, 3.05) is 51.8 Å². The Morgan fingerprint density at radius 2 is 1.84 bits per heavy atom. The Morgan fingerprint density at radius 3 is 2.62 bits per heavy atom. The number of carbonyl (C=O) groups excluding carboxylic acids is 1. The molecule has 0 atom stereocenters. The van der Waals surface area contributed by atoms with E-state index in [1.807, 2.05) is 11.9 Å². The van der Waals surface area contributed by atoms with Crippen LogP contribution in [0.15, 0.2) is 55.0 Å². The quantitative estimate of drug-likeness (QED) is 0.323. The van der Waals surface area contributed by atoms with Crippen molar-refractivity contribution in [3.8, 4) is 17.7 Å². The molecule has 10 nitrogen and oxygen atoms in total. The minimum Gasteiger partial charge on any atom is -0.473 e. The first-order valence-electron chi connectivity index (χ1n) is 14.7. The molecule has 234 valence electrons. The molecule has 0 radical (unpaired) electrons. The monoisotopic (exact) mass is 619 g/mol. The van der Waals surface area contributed by atoms with Crippen LogP contribution in [0.3, 0.4) is 0 Å². The molecule has 6 rings (SSSR count). The average Bonchev–Trinajstić information content (AvgIpc) is 3.44. The van der Waals surface area contributed by atoms with Gasteiger partial charge in [-0.15, -0.1) is 5.10 Å². The third-order valence-electron chi connectivity index (χ3n) is 7.79. The van der Waals surface area contributed by atoms with E-state index in [1.165, 1.54) is 30.6 Å². The van der Waals surface area contributed by atoms with Crippen LogP contribution in [0.1, 0.15) is 45.6 Å². The van der Waals surface area contributed by atoms with Crippen molar-refractivity contribution in [2.24, 2.45) is 0 Å². The number of pyridine rings is 1. The first-order valence-corrected chi connectivity index (χ1v) is 14.7. The number of anilines is 1. The van der Waals surface area contributed by atoms with Crippen molar-refractivity contribution in [3.63, 3.8) is 0 Å². The molecule has 2 aliphatic rings. The smallest absolute Gasteiger partial charge is 0.416 e. The fraction of sp³-hybridized carbons (Fsp3) is 0.375. The van der Waals surface area contributed by atoms with Crippen LogP contribution in [0.25, 0.3) is 5.65 Å². The molecule has 1 aromatic carbocycles. The maximum absolute atomic E-state index is 14.0. The van der Waals surface area contributed by atoms with Gasteiger partial charge in [0.15, 0.2) is 5.65 Å². The lowest BCUT2D eigenvalue weighted by atomic mass is 10.0. The van der Waals surface area contributed by atoms with Gasteiger partial charge in [-0.25, -0.2) is 9.50 Å². The van der Waals surface area contributed by atoms with Gasteiger partial charge >= 0.3 is 6.18 Å². The van der Waals surface area contributed by atoms with E-state index in [0.29, 0.717) is 49.1 Å². The van der Waals surface area contributed by atoms with Crippen molar-refractivity contribution >= 4 is 17.2 Å². The highest BCUT2D eigenvalue weighted by molar-refractivity contribution is 6.04. The molecule has 13 heteroatoms. The number of piperazine rings is 1. The van der Waals surface area contributed by atoms with Crippen molar-refractivity contribution < 1.29 is 27.4 Å². The first kappa shape index (κ1) is 30.5. The van der Waals surface area contributed by atoms with Crippen molar-refractivity contribution in [2.45, 2.75) is 31.7 Å². The van der Waals surface area contributed by atoms with Crippen molar-refractivity contribution in [3.05, 3.63) is 82.9 Å². The van der Waals surface area contributed by atoms with Crippen LogP contribution < -0.4 is 10.1 Å². The molecule has 1 N–H and O–H groups in total. The van der Waals surface area contributed by atoms with Crippen molar-refractivity contribution in [1.29, 1.82) is 0 Å². The average molecular weight is 620 g/mol. The molecule has 5 heterocycles. The van der Waals surface area contributed by atoms with E-state index in [0.717, 1.165) is 32.0 Å². The number of rotatable bonds is 6. The van der Waals surface area contributed by atoms with Crippen molar-refractivity contribution in [1.82, 2.24) is 29.4 Å². The number of fused-ring (bicyclic) bond motifs is 1. The summed E-state index contributed by atoms with van der Waals surface area (Å²) in [5.41, 5.74) is 1.15. The molecule has 45 heavy (non-hydrogen) atoms. The number of hydrogen-bond donors (Lipinski definition) is 1. The van der Waals surface area contributed by atoms with Gasteiger partial charge in [-0.05, 0) is 42.8 Å². The van der Waals surface area contributed by atoms with Crippen LogP contribution in [0.4, 0.5) is 18.9 Å². The van der Waals surface area contributed by atoms with Crippen LogP contribution in [-0.4, -0.2) is 87.8 Å². The largest absolute Gasteiger partial charge is 0.473 e. The van der Waals surface area contributed by atoms with E-state index in [2.05, 4.69) is 37.1 Å². The second-order valence-corrected chi connectivity index (χ2v) is 11.1. The molecule has 2 aliphatic heterocycles. The van der Waals surface area contributed by atoms with Gasteiger partial charge in [-0.3, -0.25) is 14.7 Å². The van der Waals surface area contributed by atoms with Gasteiger partial charge in [0.2, 0.25) is 5.88 Å². The van der Waals surface area contributed by atoms with E-state index in [-0.39, 0.29) is 29.5 Å². The summed E-state index contributed by atoms with van der Waals surface area (Å²) in [5.74, 6) is 5.83. The van der Waals surface area contributed by atoms with Gasteiger partial charge in [-0.2, -0.15) is 13.2 Å². The summed E-state index contributed by atoms with van der Waals surface area (Å²) in [4.78, 5) is 25.6. The van der Waals surface area contributed by atoms with Crippen LogP contribution in [0, 0.1) is 11.8 Å².